The third kappa shape index (κ3) is 2.84. The molecular formula is C13H19N5O. The molecule has 1 unspecified atom stereocenters. The van der Waals surface area contributed by atoms with Crippen LogP contribution in [-0.2, 0) is 0 Å². The Morgan fingerprint density at radius 3 is 3.26 bits per heavy atom. The lowest BCUT2D eigenvalue weighted by Crippen LogP contribution is -2.35. The molecule has 1 aliphatic rings. The molecule has 102 valence electrons. The molecule has 0 amide bonds. The van der Waals surface area contributed by atoms with Gasteiger partial charge in [-0.25, -0.2) is 4.98 Å². The SMILES string of the molecule is Cc1cc(OCCC2CCCCN2)n2ncnc2n1. The van der Waals surface area contributed by atoms with E-state index in [9.17, 15) is 0 Å². The molecule has 1 fully saturated rings. The molecule has 0 spiro atoms. The van der Waals surface area contributed by atoms with Crippen LogP contribution >= 0.6 is 0 Å². The zero-order chi connectivity index (χ0) is 13.1. The van der Waals surface area contributed by atoms with Gasteiger partial charge >= 0.3 is 0 Å². The van der Waals surface area contributed by atoms with E-state index in [1.165, 1.54) is 25.6 Å². The largest absolute Gasteiger partial charge is 0.477 e. The van der Waals surface area contributed by atoms with Crippen molar-refractivity contribution in [2.75, 3.05) is 13.2 Å². The van der Waals surface area contributed by atoms with Crippen LogP contribution < -0.4 is 10.1 Å². The fourth-order valence-electron chi connectivity index (χ4n) is 2.48. The van der Waals surface area contributed by atoms with Crippen LogP contribution in [0.15, 0.2) is 12.4 Å². The van der Waals surface area contributed by atoms with Crippen molar-refractivity contribution in [3.8, 4) is 5.88 Å². The minimum atomic E-state index is 0.586. The van der Waals surface area contributed by atoms with Gasteiger partial charge in [0.25, 0.3) is 5.78 Å². The molecule has 2 aromatic rings. The topological polar surface area (TPSA) is 64.3 Å². The molecule has 2 aromatic heterocycles. The summed E-state index contributed by atoms with van der Waals surface area (Å²) in [5.74, 6) is 1.31. The average molecular weight is 261 g/mol. The van der Waals surface area contributed by atoms with Crippen molar-refractivity contribution in [3.05, 3.63) is 18.1 Å². The van der Waals surface area contributed by atoms with Crippen LogP contribution in [0.3, 0.4) is 0 Å². The summed E-state index contributed by atoms with van der Waals surface area (Å²) >= 11 is 0. The van der Waals surface area contributed by atoms with Crippen LogP contribution in [0.2, 0.25) is 0 Å². The van der Waals surface area contributed by atoms with Gasteiger partial charge in [0.2, 0.25) is 5.88 Å². The maximum absolute atomic E-state index is 5.84. The molecule has 0 radical (unpaired) electrons. The van der Waals surface area contributed by atoms with Gasteiger partial charge < -0.3 is 10.1 Å². The minimum Gasteiger partial charge on any atom is -0.477 e. The summed E-state index contributed by atoms with van der Waals surface area (Å²) in [6, 6.07) is 2.48. The third-order valence-electron chi connectivity index (χ3n) is 3.48. The Balaban J connectivity index is 1.63. The average Bonchev–Trinajstić information content (AvgIpc) is 2.88. The Bertz CT molecular complexity index is 547. The van der Waals surface area contributed by atoms with Gasteiger partial charge in [0.15, 0.2) is 0 Å². The summed E-state index contributed by atoms with van der Waals surface area (Å²) < 4.78 is 7.48. The highest BCUT2D eigenvalue weighted by atomic mass is 16.5. The standard InChI is InChI=1S/C13H19N5O/c1-10-8-12(18-13(17-10)15-9-16-18)19-7-5-11-4-2-3-6-14-11/h8-9,11,14H,2-7H2,1H3. The monoisotopic (exact) mass is 261 g/mol. The molecule has 1 N–H and O–H groups in total. The molecule has 3 heterocycles. The smallest absolute Gasteiger partial charge is 0.255 e. The zero-order valence-corrected chi connectivity index (χ0v) is 11.2. The lowest BCUT2D eigenvalue weighted by molar-refractivity contribution is 0.255. The number of nitrogens with one attached hydrogen (secondary N) is 1. The van der Waals surface area contributed by atoms with E-state index in [1.54, 1.807) is 4.52 Å². The van der Waals surface area contributed by atoms with Gasteiger partial charge in [0.05, 0.1) is 6.61 Å². The van der Waals surface area contributed by atoms with E-state index in [0.717, 1.165) is 24.5 Å². The van der Waals surface area contributed by atoms with Crippen LogP contribution in [0, 0.1) is 6.92 Å². The normalized spacial score (nSPS) is 19.7. The van der Waals surface area contributed by atoms with E-state index in [4.69, 9.17) is 4.74 Å². The quantitative estimate of drug-likeness (QED) is 0.900. The van der Waals surface area contributed by atoms with Gasteiger partial charge in [-0.3, -0.25) is 0 Å². The molecule has 1 aliphatic heterocycles. The molecule has 1 saturated heterocycles. The van der Waals surface area contributed by atoms with Crippen molar-refractivity contribution in [2.45, 2.75) is 38.6 Å². The fraction of sp³-hybridized carbons (Fsp3) is 0.615. The zero-order valence-electron chi connectivity index (χ0n) is 11.2. The van der Waals surface area contributed by atoms with Crippen LogP contribution in [0.25, 0.3) is 5.78 Å². The van der Waals surface area contributed by atoms with Crippen molar-refractivity contribution in [1.29, 1.82) is 0 Å². The molecule has 0 bridgehead atoms. The first-order chi connectivity index (χ1) is 9.33. The number of piperidine rings is 1. The Kier molecular flexibility index (Phi) is 3.59. The lowest BCUT2D eigenvalue weighted by atomic mass is 10.0. The molecule has 0 aromatic carbocycles. The van der Waals surface area contributed by atoms with E-state index in [0.29, 0.717) is 18.4 Å². The number of fused-ring (bicyclic) bond motifs is 1. The predicted octanol–water partition coefficient (Wildman–Crippen LogP) is 1.34. The highest BCUT2D eigenvalue weighted by Crippen LogP contribution is 2.14. The maximum atomic E-state index is 5.84. The minimum absolute atomic E-state index is 0.586. The number of nitrogens with zero attached hydrogens (tertiary/aromatic N) is 4. The highest BCUT2D eigenvalue weighted by Gasteiger charge is 2.13. The second-order valence-corrected chi connectivity index (χ2v) is 4.99. The number of aromatic nitrogens is 4. The molecule has 3 rings (SSSR count). The molecule has 1 atom stereocenters. The van der Waals surface area contributed by atoms with Gasteiger partial charge in [0, 0.05) is 17.8 Å². The van der Waals surface area contributed by atoms with Gasteiger partial charge in [-0.2, -0.15) is 14.6 Å². The number of hydrogen-bond acceptors (Lipinski definition) is 5. The fourth-order valence-corrected chi connectivity index (χ4v) is 2.48. The van der Waals surface area contributed by atoms with Gasteiger partial charge in [0.1, 0.15) is 6.33 Å². The van der Waals surface area contributed by atoms with E-state index in [-0.39, 0.29) is 0 Å². The summed E-state index contributed by atoms with van der Waals surface area (Å²) in [5, 5.41) is 7.65. The van der Waals surface area contributed by atoms with Gasteiger partial charge in [-0.05, 0) is 32.7 Å². The van der Waals surface area contributed by atoms with E-state index in [2.05, 4.69) is 20.4 Å². The van der Waals surface area contributed by atoms with Crippen molar-refractivity contribution in [2.24, 2.45) is 0 Å². The second-order valence-electron chi connectivity index (χ2n) is 4.99. The Morgan fingerprint density at radius 1 is 1.47 bits per heavy atom. The third-order valence-corrected chi connectivity index (χ3v) is 3.48. The Hall–Kier alpha value is -1.69. The van der Waals surface area contributed by atoms with Crippen molar-refractivity contribution < 1.29 is 4.74 Å². The predicted molar refractivity (Wildman–Crippen MR) is 71.3 cm³/mol. The van der Waals surface area contributed by atoms with Gasteiger partial charge in [-0.15, -0.1) is 0 Å². The number of aryl methyl sites for hydroxylation is 1. The number of ether oxygens (including phenoxy) is 1. The summed E-state index contributed by atoms with van der Waals surface area (Å²) in [4.78, 5) is 8.38. The molecule has 6 nitrogen and oxygen atoms in total. The van der Waals surface area contributed by atoms with Crippen LogP contribution in [0.4, 0.5) is 0 Å². The van der Waals surface area contributed by atoms with Crippen LogP contribution in [-0.4, -0.2) is 38.8 Å². The Morgan fingerprint density at radius 2 is 2.42 bits per heavy atom. The molecule has 19 heavy (non-hydrogen) atoms. The maximum Gasteiger partial charge on any atom is 0.255 e. The number of hydrogen-bond donors (Lipinski definition) is 1. The van der Waals surface area contributed by atoms with E-state index < -0.39 is 0 Å². The molecule has 0 aliphatic carbocycles. The Labute approximate surface area is 112 Å². The van der Waals surface area contributed by atoms with E-state index >= 15 is 0 Å². The van der Waals surface area contributed by atoms with E-state index in [1.807, 2.05) is 13.0 Å². The first kappa shape index (κ1) is 12.3. The number of rotatable bonds is 4. The second kappa shape index (κ2) is 5.52. The van der Waals surface area contributed by atoms with Crippen LogP contribution in [0.5, 0.6) is 5.88 Å². The molecule has 6 heteroatoms. The van der Waals surface area contributed by atoms with Crippen molar-refractivity contribution in [1.82, 2.24) is 24.9 Å². The first-order valence-corrected chi connectivity index (χ1v) is 6.86. The lowest BCUT2D eigenvalue weighted by Gasteiger charge is -2.23. The van der Waals surface area contributed by atoms with Crippen molar-refractivity contribution >= 4 is 5.78 Å². The highest BCUT2D eigenvalue weighted by molar-refractivity contribution is 5.32. The first-order valence-electron chi connectivity index (χ1n) is 6.86. The molecular weight excluding hydrogens is 242 g/mol. The summed E-state index contributed by atoms with van der Waals surface area (Å²) in [5.41, 5.74) is 0.895. The summed E-state index contributed by atoms with van der Waals surface area (Å²) in [6.07, 6.45) is 6.38. The molecule has 0 saturated carbocycles. The van der Waals surface area contributed by atoms with Crippen LogP contribution in [0.1, 0.15) is 31.4 Å². The van der Waals surface area contributed by atoms with Crippen molar-refractivity contribution in [3.63, 3.8) is 0 Å². The summed E-state index contributed by atoms with van der Waals surface area (Å²) in [7, 11) is 0. The summed E-state index contributed by atoms with van der Waals surface area (Å²) in [6.45, 7) is 3.76. The van der Waals surface area contributed by atoms with Gasteiger partial charge in [-0.1, -0.05) is 6.42 Å².